The van der Waals surface area contributed by atoms with Crippen LogP contribution in [0.1, 0.15) is 28.2 Å². The number of nitrogen functional groups attached to an aromatic ring is 1. The summed E-state index contributed by atoms with van der Waals surface area (Å²) in [7, 11) is 0. The number of nitrogens with zero attached hydrogens (tertiary/aromatic N) is 3. The second-order valence-corrected chi connectivity index (χ2v) is 6.06. The van der Waals surface area contributed by atoms with E-state index in [1.807, 2.05) is 0 Å². The minimum absolute atomic E-state index is 0. The van der Waals surface area contributed by atoms with E-state index in [4.69, 9.17) is 5.73 Å². The zero-order chi connectivity index (χ0) is 18.3. The summed E-state index contributed by atoms with van der Waals surface area (Å²) in [6, 6.07) is 6.79. The highest BCUT2D eigenvalue weighted by Gasteiger charge is 2.27. The molecule has 0 bridgehead atoms. The van der Waals surface area contributed by atoms with Gasteiger partial charge < -0.3 is 11.1 Å². The SMILES string of the molecule is Cl.Nc1ccc(NC(=O)c2nn(-c3ccc(F)c(F)c3)c3c2CCC3)cn1. The number of hydrogen-bond acceptors (Lipinski definition) is 4. The summed E-state index contributed by atoms with van der Waals surface area (Å²) >= 11 is 0. The molecule has 4 rings (SSSR count). The number of nitrogens with two attached hydrogens (primary N) is 1. The molecule has 0 atom stereocenters. The van der Waals surface area contributed by atoms with Gasteiger partial charge in [-0.1, -0.05) is 0 Å². The van der Waals surface area contributed by atoms with Gasteiger partial charge in [0, 0.05) is 17.3 Å². The summed E-state index contributed by atoms with van der Waals surface area (Å²) in [4.78, 5) is 16.6. The molecule has 1 amide bonds. The number of amides is 1. The summed E-state index contributed by atoms with van der Waals surface area (Å²) in [6.45, 7) is 0. The first-order valence-electron chi connectivity index (χ1n) is 8.12. The van der Waals surface area contributed by atoms with E-state index in [0.29, 0.717) is 23.6 Å². The minimum Gasteiger partial charge on any atom is -0.384 e. The Bertz CT molecular complexity index is 1000. The minimum atomic E-state index is -0.955. The van der Waals surface area contributed by atoms with Gasteiger partial charge in [-0.05, 0) is 43.5 Å². The molecule has 0 aliphatic heterocycles. The summed E-state index contributed by atoms with van der Waals surface area (Å²) in [6.07, 6.45) is 3.76. The molecule has 6 nitrogen and oxygen atoms in total. The number of hydrogen-bond donors (Lipinski definition) is 2. The number of anilines is 2. The normalized spacial score (nSPS) is 12.4. The van der Waals surface area contributed by atoms with Crippen molar-refractivity contribution in [1.29, 1.82) is 0 Å². The fourth-order valence-corrected chi connectivity index (χ4v) is 3.12. The number of benzene rings is 1. The number of aromatic nitrogens is 3. The Morgan fingerprint density at radius 1 is 1.15 bits per heavy atom. The summed E-state index contributed by atoms with van der Waals surface area (Å²) in [5, 5.41) is 7.09. The third-order valence-electron chi connectivity index (χ3n) is 4.34. The molecule has 3 N–H and O–H groups in total. The van der Waals surface area contributed by atoms with E-state index in [2.05, 4.69) is 15.4 Å². The van der Waals surface area contributed by atoms with Crippen molar-refractivity contribution < 1.29 is 13.6 Å². The number of rotatable bonds is 3. The van der Waals surface area contributed by atoms with Crippen LogP contribution in [0, 0.1) is 11.6 Å². The smallest absolute Gasteiger partial charge is 0.276 e. The number of fused-ring (bicyclic) bond motifs is 1. The first-order chi connectivity index (χ1) is 12.5. The highest BCUT2D eigenvalue weighted by atomic mass is 35.5. The molecule has 0 spiro atoms. The van der Waals surface area contributed by atoms with Gasteiger partial charge in [0.2, 0.25) is 0 Å². The van der Waals surface area contributed by atoms with Crippen molar-refractivity contribution in [2.45, 2.75) is 19.3 Å². The predicted molar refractivity (Wildman–Crippen MR) is 99.4 cm³/mol. The average Bonchev–Trinajstić information content (AvgIpc) is 3.22. The molecule has 3 aromatic rings. The molecule has 0 radical (unpaired) electrons. The lowest BCUT2D eigenvalue weighted by molar-refractivity contribution is 0.102. The zero-order valence-electron chi connectivity index (χ0n) is 14.1. The van der Waals surface area contributed by atoms with Gasteiger partial charge in [0.1, 0.15) is 5.82 Å². The van der Waals surface area contributed by atoms with Gasteiger partial charge in [-0.3, -0.25) is 4.79 Å². The Morgan fingerprint density at radius 2 is 1.96 bits per heavy atom. The average molecular weight is 392 g/mol. The van der Waals surface area contributed by atoms with Crippen molar-refractivity contribution in [3.63, 3.8) is 0 Å². The van der Waals surface area contributed by atoms with Crippen molar-refractivity contribution in [3.8, 4) is 5.69 Å². The van der Waals surface area contributed by atoms with E-state index in [1.165, 1.54) is 16.9 Å². The number of nitrogens with one attached hydrogen (secondary N) is 1. The fourth-order valence-electron chi connectivity index (χ4n) is 3.12. The van der Waals surface area contributed by atoms with Crippen LogP contribution in [0.5, 0.6) is 0 Å². The molecule has 0 saturated carbocycles. The number of pyridine rings is 1. The van der Waals surface area contributed by atoms with Crippen LogP contribution >= 0.6 is 12.4 Å². The molecule has 0 unspecified atom stereocenters. The molecule has 1 aromatic carbocycles. The van der Waals surface area contributed by atoms with Gasteiger partial charge in [0.15, 0.2) is 17.3 Å². The lowest BCUT2D eigenvalue weighted by atomic mass is 10.2. The molecule has 2 heterocycles. The van der Waals surface area contributed by atoms with Crippen LogP contribution in [0.25, 0.3) is 5.69 Å². The van der Waals surface area contributed by atoms with E-state index in [9.17, 15) is 13.6 Å². The van der Waals surface area contributed by atoms with Crippen LogP contribution in [0.4, 0.5) is 20.3 Å². The van der Waals surface area contributed by atoms with E-state index in [1.54, 1.807) is 12.1 Å². The van der Waals surface area contributed by atoms with Crippen molar-refractivity contribution in [1.82, 2.24) is 14.8 Å². The highest BCUT2D eigenvalue weighted by molar-refractivity contribution is 6.04. The molecule has 27 heavy (non-hydrogen) atoms. The van der Waals surface area contributed by atoms with Crippen molar-refractivity contribution in [2.24, 2.45) is 0 Å². The Balaban J connectivity index is 0.00000210. The van der Waals surface area contributed by atoms with Crippen LogP contribution < -0.4 is 11.1 Å². The molecule has 140 valence electrons. The Labute approximate surface area is 159 Å². The Hall–Kier alpha value is -3.00. The van der Waals surface area contributed by atoms with Gasteiger partial charge in [0.05, 0.1) is 17.6 Å². The number of carbonyl (C=O) groups excluding carboxylic acids is 1. The summed E-state index contributed by atoms with van der Waals surface area (Å²) < 4.78 is 28.3. The van der Waals surface area contributed by atoms with E-state index in [-0.39, 0.29) is 24.0 Å². The van der Waals surface area contributed by atoms with Crippen molar-refractivity contribution >= 4 is 29.8 Å². The van der Waals surface area contributed by atoms with Crippen LogP contribution in [0.3, 0.4) is 0 Å². The maximum Gasteiger partial charge on any atom is 0.276 e. The lowest BCUT2D eigenvalue weighted by Gasteiger charge is -2.06. The van der Waals surface area contributed by atoms with Crippen LogP contribution in [-0.2, 0) is 12.8 Å². The van der Waals surface area contributed by atoms with Crippen LogP contribution in [-0.4, -0.2) is 20.7 Å². The highest BCUT2D eigenvalue weighted by Crippen LogP contribution is 2.28. The molecular formula is C18H16ClF2N5O. The van der Waals surface area contributed by atoms with Crippen LogP contribution in [0.15, 0.2) is 36.5 Å². The van der Waals surface area contributed by atoms with Gasteiger partial charge in [-0.25, -0.2) is 18.4 Å². The largest absolute Gasteiger partial charge is 0.384 e. The molecular weight excluding hydrogens is 376 g/mol. The molecule has 0 saturated heterocycles. The monoisotopic (exact) mass is 391 g/mol. The quantitative estimate of drug-likeness (QED) is 0.717. The van der Waals surface area contributed by atoms with Gasteiger partial charge in [-0.15, -0.1) is 12.4 Å². The maximum absolute atomic E-state index is 13.6. The third kappa shape index (κ3) is 3.48. The molecule has 0 fully saturated rings. The fraction of sp³-hybridized carbons (Fsp3) is 0.167. The van der Waals surface area contributed by atoms with E-state index < -0.39 is 11.6 Å². The molecule has 1 aliphatic rings. The number of halogens is 3. The second-order valence-electron chi connectivity index (χ2n) is 6.06. The third-order valence-corrected chi connectivity index (χ3v) is 4.34. The summed E-state index contributed by atoms with van der Waals surface area (Å²) in [5.41, 5.74) is 8.37. The van der Waals surface area contributed by atoms with E-state index >= 15 is 0 Å². The second kappa shape index (κ2) is 7.32. The van der Waals surface area contributed by atoms with Gasteiger partial charge in [0.25, 0.3) is 5.91 Å². The van der Waals surface area contributed by atoms with Crippen LogP contribution in [0.2, 0.25) is 0 Å². The lowest BCUT2D eigenvalue weighted by Crippen LogP contribution is -2.15. The molecule has 9 heteroatoms. The Morgan fingerprint density at radius 3 is 2.67 bits per heavy atom. The molecule has 2 aromatic heterocycles. The number of carbonyl (C=O) groups is 1. The topological polar surface area (TPSA) is 85.8 Å². The molecule has 1 aliphatic carbocycles. The Kier molecular flexibility index (Phi) is 5.09. The maximum atomic E-state index is 13.6. The van der Waals surface area contributed by atoms with Gasteiger partial charge in [-0.2, -0.15) is 5.10 Å². The zero-order valence-corrected chi connectivity index (χ0v) is 14.9. The predicted octanol–water partition coefficient (Wildman–Crippen LogP) is 3.29. The van der Waals surface area contributed by atoms with Crippen molar-refractivity contribution in [2.75, 3.05) is 11.1 Å². The first-order valence-corrected chi connectivity index (χ1v) is 8.12. The summed E-state index contributed by atoms with van der Waals surface area (Å²) in [5.74, 6) is -1.90. The van der Waals surface area contributed by atoms with Crippen molar-refractivity contribution in [3.05, 3.63) is 65.1 Å². The van der Waals surface area contributed by atoms with E-state index in [0.717, 1.165) is 36.2 Å². The standard InChI is InChI=1S/C18H15F2N5O.ClH/c19-13-6-5-11(8-14(13)20)25-15-3-1-2-12(15)17(24-25)18(26)23-10-4-7-16(21)22-9-10;/h4-9H,1-3H2,(H2,21,22)(H,23,26);1H. The first kappa shape index (κ1) is 18.8. The van der Waals surface area contributed by atoms with Gasteiger partial charge >= 0.3 is 0 Å².